The number of hydrogen-bond donors (Lipinski definition) is 1. The molecule has 0 amide bonds. The number of benzene rings is 1. The molecule has 0 spiro atoms. The molecule has 0 fully saturated rings. The predicted molar refractivity (Wildman–Crippen MR) is 122 cm³/mol. The van der Waals surface area contributed by atoms with Crippen molar-refractivity contribution in [1.82, 2.24) is 19.1 Å². The van der Waals surface area contributed by atoms with Crippen LogP contribution in [0.2, 0.25) is 5.02 Å². The highest BCUT2D eigenvalue weighted by molar-refractivity contribution is 6.30. The van der Waals surface area contributed by atoms with E-state index in [4.69, 9.17) is 16.3 Å². The van der Waals surface area contributed by atoms with Crippen molar-refractivity contribution >= 4 is 23.0 Å². The predicted octanol–water partition coefficient (Wildman–Crippen LogP) is 4.89. The number of halogens is 2. The minimum atomic E-state index is -0.469. The second-order valence-electron chi connectivity index (χ2n) is 7.33. The zero-order valence-corrected chi connectivity index (χ0v) is 18.5. The van der Waals surface area contributed by atoms with E-state index < -0.39 is 11.9 Å². The topological polar surface area (TPSA) is 74.0 Å². The SMILES string of the molecule is COc1cc(Nc2cc(Cl)cn([C@@H](C)c3cncc(F)c3)c2=O)ccc1-n1cnc(C)c1. The molecular formula is C23H21ClFN5O2. The monoisotopic (exact) mass is 453 g/mol. The maximum absolute atomic E-state index is 13.6. The number of rotatable bonds is 6. The average molecular weight is 454 g/mol. The molecule has 0 aliphatic carbocycles. The van der Waals surface area contributed by atoms with Crippen LogP contribution >= 0.6 is 11.6 Å². The third-order valence-electron chi connectivity index (χ3n) is 5.08. The van der Waals surface area contributed by atoms with Gasteiger partial charge < -0.3 is 19.2 Å². The maximum atomic E-state index is 13.6. The molecule has 4 rings (SSSR count). The van der Waals surface area contributed by atoms with Gasteiger partial charge in [0.15, 0.2) is 0 Å². The highest BCUT2D eigenvalue weighted by atomic mass is 35.5. The van der Waals surface area contributed by atoms with Gasteiger partial charge in [-0.2, -0.15) is 0 Å². The second kappa shape index (κ2) is 8.84. The summed E-state index contributed by atoms with van der Waals surface area (Å²) in [5.41, 5.74) is 2.88. The van der Waals surface area contributed by atoms with Gasteiger partial charge in [-0.25, -0.2) is 9.37 Å². The number of pyridine rings is 2. The van der Waals surface area contributed by atoms with E-state index in [1.165, 1.54) is 23.0 Å². The Labute approximate surface area is 189 Å². The molecule has 0 saturated heterocycles. The number of aryl methyl sites for hydroxylation is 1. The lowest BCUT2D eigenvalue weighted by molar-refractivity contribution is 0.413. The van der Waals surface area contributed by atoms with Gasteiger partial charge >= 0.3 is 0 Å². The van der Waals surface area contributed by atoms with Crippen molar-refractivity contribution in [2.45, 2.75) is 19.9 Å². The molecule has 0 unspecified atom stereocenters. The van der Waals surface area contributed by atoms with Crippen LogP contribution < -0.4 is 15.6 Å². The van der Waals surface area contributed by atoms with Gasteiger partial charge in [-0.1, -0.05) is 11.6 Å². The quantitative estimate of drug-likeness (QED) is 0.450. The Hall–Kier alpha value is -3.65. The fraction of sp³-hybridized carbons (Fsp3) is 0.174. The lowest BCUT2D eigenvalue weighted by atomic mass is 10.1. The largest absolute Gasteiger partial charge is 0.494 e. The maximum Gasteiger partial charge on any atom is 0.274 e. The van der Waals surface area contributed by atoms with Crippen molar-refractivity contribution in [3.63, 3.8) is 0 Å². The summed E-state index contributed by atoms with van der Waals surface area (Å²) in [7, 11) is 1.58. The standard InChI is InChI=1S/C23H21ClFN5O2/c1-14-11-29(13-27-14)21-5-4-19(8-22(21)32-3)28-20-7-17(24)12-30(23(20)31)15(2)16-6-18(25)10-26-9-16/h4-13,15,28H,1-3H3/t15-/m0/s1. The summed E-state index contributed by atoms with van der Waals surface area (Å²) in [4.78, 5) is 21.3. The number of methoxy groups -OCH3 is 1. The zero-order valence-electron chi connectivity index (χ0n) is 17.7. The first-order valence-corrected chi connectivity index (χ1v) is 10.2. The van der Waals surface area contributed by atoms with Gasteiger partial charge in [0, 0.05) is 30.3 Å². The van der Waals surface area contributed by atoms with Crippen LogP contribution in [-0.2, 0) is 0 Å². The van der Waals surface area contributed by atoms with Crippen LogP contribution in [0.4, 0.5) is 15.8 Å². The average Bonchev–Trinajstić information content (AvgIpc) is 3.21. The van der Waals surface area contributed by atoms with Gasteiger partial charge in [0.05, 0.1) is 42.1 Å². The Morgan fingerprint density at radius 2 is 2.00 bits per heavy atom. The number of imidazole rings is 1. The first-order valence-electron chi connectivity index (χ1n) is 9.84. The summed E-state index contributed by atoms with van der Waals surface area (Å²) in [5, 5.41) is 3.48. The van der Waals surface area contributed by atoms with Gasteiger partial charge in [-0.3, -0.25) is 9.78 Å². The lowest BCUT2D eigenvalue weighted by Gasteiger charge is -2.18. The van der Waals surface area contributed by atoms with Gasteiger partial charge in [0.25, 0.3) is 5.56 Å². The first kappa shape index (κ1) is 21.6. The van der Waals surface area contributed by atoms with E-state index in [1.807, 2.05) is 29.8 Å². The molecule has 1 atom stereocenters. The second-order valence-corrected chi connectivity index (χ2v) is 7.77. The Kier molecular flexibility index (Phi) is 5.96. The van der Waals surface area contributed by atoms with Crippen LogP contribution in [0.15, 0.2) is 66.2 Å². The van der Waals surface area contributed by atoms with E-state index in [1.54, 1.807) is 32.5 Å². The van der Waals surface area contributed by atoms with E-state index in [9.17, 15) is 9.18 Å². The van der Waals surface area contributed by atoms with Crippen LogP contribution in [-0.4, -0.2) is 26.2 Å². The molecular weight excluding hydrogens is 433 g/mol. The van der Waals surface area contributed by atoms with Crippen molar-refractivity contribution in [2.24, 2.45) is 0 Å². The molecule has 3 aromatic heterocycles. The Balaban J connectivity index is 1.68. The Morgan fingerprint density at radius 1 is 1.19 bits per heavy atom. The van der Waals surface area contributed by atoms with Gasteiger partial charge in [0.1, 0.15) is 17.3 Å². The molecule has 1 aromatic carbocycles. The van der Waals surface area contributed by atoms with Crippen LogP contribution in [0.3, 0.4) is 0 Å². The smallest absolute Gasteiger partial charge is 0.274 e. The van der Waals surface area contributed by atoms with Crippen LogP contribution in [0, 0.1) is 12.7 Å². The fourth-order valence-electron chi connectivity index (χ4n) is 3.44. The molecule has 0 saturated carbocycles. The summed E-state index contributed by atoms with van der Waals surface area (Å²) in [6.45, 7) is 3.69. The van der Waals surface area contributed by atoms with Gasteiger partial charge in [-0.15, -0.1) is 0 Å². The molecule has 164 valence electrons. The molecule has 7 nitrogen and oxygen atoms in total. The van der Waals surface area contributed by atoms with Crippen molar-refractivity contribution in [3.05, 3.63) is 93.9 Å². The lowest BCUT2D eigenvalue weighted by Crippen LogP contribution is -2.25. The van der Waals surface area contributed by atoms with Gasteiger partial charge in [-0.05, 0) is 43.7 Å². The first-order chi connectivity index (χ1) is 15.4. The third-order valence-corrected chi connectivity index (χ3v) is 5.29. The van der Waals surface area contributed by atoms with E-state index in [0.717, 1.165) is 17.6 Å². The number of hydrogen-bond acceptors (Lipinski definition) is 5. The fourth-order valence-corrected chi connectivity index (χ4v) is 3.65. The number of aromatic nitrogens is 4. The third kappa shape index (κ3) is 4.36. The van der Waals surface area contributed by atoms with Crippen molar-refractivity contribution < 1.29 is 9.13 Å². The summed E-state index contributed by atoms with van der Waals surface area (Å²) in [6.07, 6.45) is 7.76. The molecule has 0 bridgehead atoms. The van der Waals surface area contributed by atoms with Crippen LogP contribution in [0.1, 0.15) is 24.2 Å². The van der Waals surface area contributed by atoms with Crippen LogP contribution in [0.25, 0.3) is 5.69 Å². The van der Waals surface area contributed by atoms with Gasteiger partial charge in [0.2, 0.25) is 0 Å². The molecule has 4 aromatic rings. The van der Waals surface area contributed by atoms with Crippen molar-refractivity contribution in [1.29, 1.82) is 0 Å². The number of nitrogens with one attached hydrogen (secondary N) is 1. The van der Waals surface area contributed by atoms with E-state index in [2.05, 4.69) is 15.3 Å². The van der Waals surface area contributed by atoms with E-state index in [0.29, 0.717) is 22.0 Å². The number of ether oxygens (including phenoxy) is 1. The molecule has 32 heavy (non-hydrogen) atoms. The molecule has 1 N–H and O–H groups in total. The van der Waals surface area contributed by atoms with E-state index in [-0.39, 0.29) is 11.2 Å². The van der Waals surface area contributed by atoms with Crippen LogP contribution in [0.5, 0.6) is 5.75 Å². The van der Waals surface area contributed by atoms with E-state index >= 15 is 0 Å². The number of nitrogens with zero attached hydrogens (tertiary/aromatic N) is 4. The number of anilines is 2. The summed E-state index contributed by atoms with van der Waals surface area (Å²) < 4.78 is 22.4. The molecule has 0 aliphatic heterocycles. The Bertz CT molecular complexity index is 1330. The summed E-state index contributed by atoms with van der Waals surface area (Å²) in [6, 6.07) is 7.92. The highest BCUT2D eigenvalue weighted by Gasteiger charge is 2.15. The minimum absolute atomic E-state index is 0.280. The zero-order chi connectivity index (χ0) is 22.8. The highest BCUT2D eigenvalue weighted by Crippen LogP contribution is 2.29. The molecule has 0 radical (unpaired) electrons. The van der Waals surface area contributed by atoms with Crippen molar-refractivity contribution in [2.75, 3.05) is 12.4 Å². The van der Waals surface area contributed by atoms with Crippen molar-refractivity contribution in [3.8, 4) is 11.4 Å². The summed E-state index contributed by atoms with van der Waals surface area (Å²) >= 11 is 6.29. The summed E-state index contributed by atoms with van der Waals surface area (Å²) in [5.74, 6) is 0.136. The molecule has 3 heterocycles. The minimum Gasteiger partial charge on any atom is -0.494 e. The normalized spacial score (nSPS) is 11.9. The molecule has 0 aliphatic rings. The molecule has 9 heteroatoms. The Morgan fingerprint density at radius 3 is 2.69 bits per heavy atom.